The fraction of sp³-hybridized carbons (Fsp3) is 0.364. The lowest BCUT2D eigenvalue weighted by molar-refractivity contribution is 0.184. The lowest BCUT2D eigenvalue weighted by Crippen LogP contribution is -2.12. The first-order valence-electron chi connectivity index (χ1n) is 5.49. The molecule has 5 nitrogen and oxygen atoms in total. The van der Waals surface area contributed by atoms with Crippen LogP contribution in [0.5, 0.6) is 5.75 Å². The molecule has 0 aliphatic heterocycles. The first-order chi connectivity index (χ1) is 8.92. The minimum absolute atomic E-state index is 0.0434. The van der Waals surface area contributed by atoms with Crippen molar-refractivity contribution in [3.63, 3.8) is 0 Å². The van der Waals surface area contributed by atoms with Crippen molar-refractivity contribution in [3.05, 3.63) is 29.8 Å². The Labute approximate surface area is 109 Å². The van der Waals surface area contributed by atoms with Crippen LogP contribution in [0.15, 0.2) is 18.2 Å². The summed E-state index contributed by atoms with van der Waals surface area (Å²) in [6, 6.07) is 2.34. The van der Waals surface area contributed by atoms with Gasteiger partial charge in [-0.2, -0.15) is 0 Å². The molecule has 8 heteroatoms. The summed E-state index contributed by atoms with van der Waals surface area (Å²) in [5.74, 6) is -2.46. The van der Waals surface area contributed by atoms with Crippen molar-refractivity contribution < 1.29 is 31.9 Å². The predicted molar refractivity (Wildman–Crippen MR) is 63.2 cm³/mol. The Morgan fingerprint density at radius 3 is 2.26 bits per heavy atom. The number of hydrogen-bond acceptors (Lipinski definition) is 5. The Bertz CT molecular complexity index is 496. The quantitative estimate of drug-likeness (QED) is 0.748. The van der Waals surface area contributed by atoms with Crippen LogP contribution in [-0.4, -0.2) is 18.9 Å². The third-order valence-electron chi connectivity index (χ3n) is 1.91. The Morgan fingerprint density at radius 1 is 1.21 bits per heavy atom. The molecule has 0 saturated heterocycles. The van der Waals surface area contributed by atoms with Gasteiger partial charge in [-0.05, 0) is 26.0 Å². The van der Waals surface area contributed by atoms with Gasteiger partial charge in [-0.1, -0.05) is 0 Å². The van der Waals surface area contributed by atoms with E-state index in [9.17, 15) is 18.1 Å². The molecular weight excluding hydrogens is 281 g/mol. The van der Waals surface area contributed by atoms with Crippen molar-refractivity contribution in [3.8, 4) is 5.75 Å². The normalized spacial score (nSPS) is 11.4. The lowest BCUT2D eigenvalue weighted by Gasteiger charge is -2.15. The molecule has 0 saturated carbocycles. The number of carbonyl (C=O) groups excluding carboxylic acids is 1. The van der Waals surface area contributed by atoms with E-state index in [0.29, 0.717) is 6.07 Å². The highest BCUT2D eigenvalue weighted by Crippen LogP contribution is 2.50. The molecule has 0 heterocycles. The number of benzene rings is 1. The lowest BCUT2D eigenvalue weighted by atomic mass is 10.3. The number of rotatable bonds is 6. The fourth-order valence-electron chi connectivity index (χ4n) is 1.19. The second kappa shape index (κ2) is 6.75. The summed E-state index contributed by atoms with van der Waals surface area (Å²) in [4.78, 5) is 11.7. The van der Waals surface area contributed by atoms with Gasteiger partial charge >= 0.3 is 13.3 Å². The van der Waals surface area contributed by atoms with E-state index >= 15 is 0 Å². The minimum atomic E-state index is -4.13. The number of halogens is 2. The molecule has 1 rings (SSSR count). The van der Waals surface area contributed by atoms with Gasteiger partial charge in [-0.3, -0.25) is 0 Å². The van der Waals surface area contributed by atoms with Gasteiger partial charge in [0.05, 0.1) is 13.2 Å². The number of carbonyl (C=O) groups is 1. The molecule has 0 bridgehead atoms. The maximum absolute atomic E-state index is 13.3. The van der Waals surface area contributed by atoms with Crippen LogP contribution in [0.2, 0.25) is 0 Å². The molecule has 106 valence electrons. The monoisotopic (exact) mass is 294 g/mol. The summed E-state index contributed by atoms with van der Waals surface area (Å²) >= 11 is 0. The average molecular weight is 294 g/mol. The molecule has 19 heavy (non-hydrogen) atoms. The van der Waals surface area contributed by atoms with Crippen molar-refractivity contribution in [2.75, 3.05) is 13.2 Å². The Morgan fingerprint density at radius 2 is 1.79 bits per heavy atom. The van der Waals surface area contributed by atoms with E-state index in [1.807, 2.05) is 0 Å². The molecule has 0 radical (unpaired) electrons. The standard InChI is InChI=1S/C11H13F2O5P/c1-3-16-19(15,17-4-2)11(14)18-10-6-5-8(12)7-9(10)13/h5-7H,3-4H2,1-2H3. The van der Waals surface area contributed by atoms with Gasteiger partial charge < -0.3 is 13.8 Å². The zero-order valence-electron chi connectivity index (χ0n) is 10.4. The molecule has 0 atom stereocenters. The van der Waals surface area contributed by atoms with E-state index in [1.54, 1.807) is 0 Å². The van der Waals surface area contributed by atoms with Gasteiger partial charge in [0.15, 0.2) is 11.6 Å². The second-order valence-electron chi connectivity index (χ2n) is 3.28. The van der Waals surface area contributed by atoms with Crippen molar-refractivity contribution in [1.82, 2.24) is 0 Å². The average Bonchev–Trinajstić information content (AvgIpc) is 2.33. The maximum Gasteiger partial charge on any atom is 0.438 e. The maximum atomic E-state index is 13.3. The van der Waals surface area contributed by atoms with E-state index in [0.717, 1.165) is 12.1 Å². The van der Waals surface area contributed by atoms with Crippen LogP contribution in [0.4, 0.5) is 13.6 Å². The number of hydrogen-bond donors (Lipinski definition) is 0. The third-order valence-corrected chi connectivity index (χ3v) is 3.65. The zero-order chi connectivity index (χ0) is 14.5. The Kier molecular flexibility index (Phi) is 5.60. The van der Waals surface area contributed by atoms with Crippen molar-refractivity contribution in [2.45, 2.75) is 13.8 Å². The van der Waals surface area contributed by atoms with Gasteiger partial charge in [0.2, 0.25) is 0 Å². The highest BCUT2D eigenvalue weighted by atomic mass is 31.2. The molecule has 0 aromatic heterocycles. The SMILES string of the molecule is CCOP(=O)(OCC)C(=O)Oc1ccc(F)cc1F. The summed E-state index contributed by atoms with van der Waals surface area (Å²) in [5, 5.41) is 0. The van der Waals surface area contributed by atoms with Gasteiger partial charge in [0.25, 0.3) is 0 Å². The van der Waals surface area contributed by atoms with Crippen LogP contribution in [0.1, 0.15) is 13.8 Å². The van der Waals surface area contributed by atoms with Gasteiger partial charge in [-0.25, -0.2) is 18.1 Å². The van der Waals surface area contributed by atoms with Crippen molar-refractivity contribution in [2.24, 2.45) is 0 Å². The van der Waals surface area contributed by atoms with Crippen LogP contribution in [0.3, 0.4) is 0 Å². The largest absolute Gasteiger partial charge is 0.438 e. The first-order valence-corrected chi connectivity index (χ1v) is 7.03. The van der Waals surface area contributed by atoms with Gasteiger partial charge in [-0.15, -0.1) is 0 Å². The van der Waals surface area contributed by atoms with E-state index in [4.69, 9.17) is 9.05 Å². The van der Waals surface area contributed by atoms with Crippen molar-refractivity contribution >= 4 is 13.3 Å². The topological polar surface area (TPSA) is 61.8 Å². The van der Waals surface area contributed by atoms with E-state index in [2.05, 4.69) is 4.74 Å². The first kappa shape index (κ1) is 15.8. The summed E-state index contributed by atoms with van der Waals surface area (Å²) in [5.41, 5.74) is -1.35. The van der Waals surface area contributed by atoms with Crippen molar-refractivity contribution in [1.29, 1.82) is 0 Å². The summed E-state index contributed by atoms with van der Waals surface area (Å²) in [6.07, 6.45) is 0. The van der Waals surface area contributed by atoms with E-state index in [-0.39, 0.29) is 13.2 Å². The minimum Gasteiger partial charge on any atom is -0.414 e. The molecule has 0 aliphatic rings. The molecule has 0 unspecified atom stereocenters. The van der Waals surface area contributed by atoms with E-state index < -0.39 is 30.7 Å². The Balaban J connectivity index is 2.90. The molecule has 0 N–H and O–H groups in total. The van der Waals surface area contributed by atoms with E-state index in [1.165, 1.54) is 13.8 Å². The molecule has 0 amide bonds. The second-order valence-corrected chi connectivity index (χ2v) is 5.15. The molecule has 0 fully saturated rings. The zero-order valence-corrected chi connectivity index (χ0v) is 11.3. The third kappa shape index (κ3) is 4.09. The van der Waals surface area contributed by atoms with Gasteiger partial charge in [0, 0.05) is 6.07 Å². The van der Waals surface area contributed by atoms with Crippen LogP contribution in [0.25, 0.3) is 0 Å². The fourth-order valence-corrected chi connectivity index (χ4v) is 2.37. The molecule has 0 spiro atoms. The Hall–Kier alpha value is -1.30. The van der Waals surface area contributed by atoms with Gasteiger partial charge in [0.1, 0.15) is 5.82 Å². The highest BCUT2D eigenvalue weighted by molar-refractivity contribution is 7.71. The predicted octanol–water partition coefficient (Wildman–Crippen LogP) is 3.73. The summed E-state index contributed by atoms with van der Waals surface area (Å²) in [7, 11) is -4.13. The summed E-state index contributed by atoms with van der Waals surface area (Å²) in [6.45, 7) is 2.94. The smallest absolute Gasteiger partial charge is 0.414 e. The van der Waals surface area contributed by atoms with Crippen LogP contribution in [-0.2, 0) is 13.6 Å². The van der Waals surface area contributed by atoms with Crippen LogP contribution >= 0.6 is 7.60 Å². The molecule has 1 aromatic carbocycles. The summed E-state index contributed by atoms with van der Waals surface area (Å²) < 4.78 is 52.0. The van der Waals surface area contributed by atoms with Crippen LogP contribution < -0.4 is 4.74 Å². The highest BCUT2D eigenvalue weighted by Gasteiger charge is 2.37. The molecular formula is C11H13F2O5P. The number of ether oxygens (including phenoxy) is 1. The van der Waals surface area contributed by atoms with Crippen LogP contribution in [0, 0.1) is 11.6 Å². The molecule has 1 aromatic rings. The molecule has 0 aliphatic carbocycles.